The molecule has 0 spiro atoms. The van der Waals surface area contributed by atoms with Crippen LogP contribution in [0.4, 0.5) is 5.82 Å². The number of anilines is 1. The van der Waals surface area contributed by atoms with E-state index in [4.69, 9.17) is 17.3 Å². The summed E-state index contributed by atoms with van der Waals surface area (Å²) in [5.74, 6) is 1.08. The zero-order valence-corrected chi connectivity index (χ0v) is 10.4. The van der Waals surface area contributed by atoms with Gasteiger partial charge >= 0.3 is 0 Å². The van der Waals surface area contributed by atoms with Crippen molar-refractivity contribution in [1.82, 2.24) is 9.97 Å². The normalized spacial score (nSPS) is 10.5. The molecule has 2 N–H and O–H groups in total. The van der Waals surface area contributed by atoms with Crippen LogP contribution in [-0.2, 0) is 6.42 Å². The van der Waals surface area contributed by atoms with Gasteiger partial charge in [-0.1, -0.05) is 37.1 Å². The topological polar surface area (TPSA) is 51.8 Å². The second-order valence-corrected chi connectivity index (χ2v) is 4.24. The second-order valence-electron chi connectivity index (χ2n) is 3.84. The molecule has 4 heteroatoms. The molecule has 88 valence electrons. The van der Waals surface area contributed by atoms with Crippen molar-refractivity contribution in [1.29, 1.82) is 0 Å². The Morgan fingerprint density at radius 1 is 1.24 bits per heavy atom. The average Bonchev–Trinajstić information content (AvgIpc) is 2.29. The van der Waals surface area contributed by atoms with Gasteiger partial charge in [-0.25, -0.2) is 9.97 Å². The summed E-state index contributed by atoms with van der Waals surface area (Å²) in [6.07, 6.45) is 1.92. The molecule has 0 aliphatic rings. The van der Waals surface area contributed by atoms with Gasteiger partial charge in [0.1, 0.15) is 5.82 Å². The van der Waals surface area contributed by atoms with Crippen LogP contribution in [0.2, 0.25) is 5.02 Å². The Bertz CT molecular complexity index is 526. The Balaban J connectivity index is 2.48. The lowest BCUT2D eigenvalue weighted by Crippen LogP contribution is -2.00. The number of hydrogen-bond acceptors (Lipinski definition) is 3. The van der Waals surface area contributed by atoms with Crippen LogP contribution in [0, 0.1) is 0 Å². The number of nitrogens with two attached hydrogens (primary N) is 1. The van der Waals surface area contributed by atoms with Crippen LogP contribution < -0.4 is 5.73 Å². The van der Waals surface area contributed by atoms with Crippen LogP contribution in [0.3, 0.4) is 0 Å². The van der Waals surface area contributed by atoms with Gasteiger partial charge in [0.2, 0.25) is 0 Å². The molecule has 1 aromatic heterocycles. The van der Waals surface area contributed by atoms with Crippen molar-refractivity contribution >= 4 is 17.4 Å². The fourth-order valence-corrected chi connectivity index (χ4v) is 1.89. The quantitative estimate of drug-likeness (QED) is 0.905. The van der Waals surface area contributed by atoms with Crippen LogP contribution in [0.1, 0.15) is 19.0 Å². The molecule has 2 aromatic rings. The maximum atomic E-state index is 6.12. The van der Waals surface area contributed by atoms with Crippen molar-refractivity contribution in [3.05, 3.63) is 41.0 Å². The Kier molecular flexibility index (Phi) is 3.59. The van der Waals surface area contributed by atoms with Crippen LogP contribution in [0.25, 0.3) is 11.4 Å². The number of aromatic nitrogens is 2. The van der Waals surface area contributed by atoms with Gasteiger partial charge in [-0.3, -0.25) is 0 Å². The SMILES string of the molecule is CCCc1cc(N)nc(-c2ccccc2Cl)n1. The highest BCUT2D eigenvalue weighted by atomic mass is 35.5. The van der Waals surface area contributed by atoms with E-state index in [1.54, 1.807) is 0 Å². The molecule has 17 heavy (non-hydrogen) atoms. The third-order valence-corrected chi connectivity index (χ3v) is 2.75. The molecule has 0 atom stereocenters. The summed E-state index contributed by atoms with van der Waals surface area (Å²) in [6.45, 7) is 2.10. The number of nitrogen functional groups attached to an aromatic ring is 1. The Labute approximate surface area is 106 Å². The van der Waals surface area contributed by atoms with Crippen molar-refractivity contribution in [2.75, 3.05) is 5.73 Å². The lowest BCUT2D eigenvalue weighted by atomic mass is 10.2. The first-order chi connectivity index (χ1) is 8.20. The molecule has 0 radical (unpaired) electrons. The van der Waals surface area contributed by atoms with E-state index in [1.807, 2.05) is 30.3 Å². The van der Waals surface area contributed by atoms with E-state index in [2.05, 4.69) is 16.9 Å². The van der Waals surface area contributed by atoms with Gasteiger partial charge in [-0.15, -0.1) is 0 Å². The molecular weight excluding hydrogens is 234 g/mol. The lowest BCUT2D eigenvalue weighted by molar-refractivity contribution is 0.877. The van der Waals surface area contributed by atoms with E-state index >= 15 is 0 Å². The minimum atomic E-state index is 0.485. The molecule has 0 aliphatic carbocycles. The van der Waals surface area contributed by atoms with E-state index in [0.717, 1.165) is 24.1 Å². The predicted molar refractivity (Wildman–Crippen MR) is 70.9 cm³/mol. The van der Waals surface area contributed by atoms with Crippen LogP contribution in [-0.4, -0.2) is 9.97 Å². The summed E-state index contributed by atoms with van der Waals surface area (Å²) >= 11 is 6.12. The summed E-state index contributed by atoms with van der Waals surface area (Å²) in [7, 11) is 0. The van der Waals surface area contributed by atoms with E-state index in [-0.39, 0.29) is 0 Å². The first-order valence-corrected chi connectivity index (χ1v) is 5.97. The molecule has 0 fully saturated rings. The van der Waals surface area contributed by atoms with Gasteiger partial charge in [-0.05, 0) is 18.6 Å². The number of rotatable bonds is 3. The number of benzene rings is 1. The first-order valence-electron chi connectivity index (χ1n) is 5.59. The van der Waals surface area contributed by atoms with Crippen LogP contribution in [0.15, 0.2) is 30.3 Å². The maximum Gasteiger partial charge on any atom is 0.163 e. The summed E-state index contributed by atoms with van der Waals surface area (Å²) in [4.78, 5) is 8.71. The summed E-state index contributed by atoms with van der Waals surface area (Å²) < 4.78 is 0. The molecular formula is C13H14ClN3. The fourth-order valence-electron chi connectivity index (χ4n) is 1.67. The van der Waals surface area contributed by atoms with Gasteiger partial charge in [0.15, 0.2) is 5.82 Å². The molecule has 0 saturated carbocycles. The maximum absolute atomic E-state index is 6.12. The number of halogens is 1. The van der Waals surface area contributed by atoms with Gasteiger partial charge in [-0.2, -0.15) is 0 Å². The fraction of sp³-hybridized carbons (Fsp3) is 0.231. The standard InChI is InChI=1S/C13H14ClN3/c1-2-5-9-8-12(15)17-13(16-9)10-6-3-4-7-11(10)14/h3-4,6-8H,2,5H2,1H3,(H2,15,16,17). The van der Waals surface area contributed by atoms with Crippen molar-refractivity contribution in [2.24, 2.45) is 0 Å². The van der Waals surface area contributed by atoms with Gasteiger partial charge < -0.3 is 5.73 Å². The summed E-state index contributed by atoms with van der Waals surface area (Å²) in [5.41, 5.74) is 7.55. The monoisotopic (exact) mass is 247 g/mol. The third-order valence-electron chi connectivity index (χ3n) is 2.42. The molecule has 3 nitrogen and oxygen atoms in total. The smallest absolute Gasteiger partial charge is 0.163 e. The molecule has 2 rings (SSSR count). The Morgan fingerprint density at radius 2 is 2.00 bits per heavy atom. The zero-order chi connectivity index (χ0) is 12.3. The summed E-state index contributed by atoms with van der Waals surface area (Å²) in [5, 5.41) is 0.639. The first kappa shape index (κ1) is 11.9. The molecule has 1 heterocycles. The molecule has 0 amide bonds. The Morgan fingerprint density at radius 3 is 2.71 bits per heavy atom. The molecule has 0 bridgehead atoms. The molecule has 0 aliphatic heterocycles. The van der Waals surface area contributed by atoms with Gasteiger partial charge in [0.05, 0.1) is 5.02 Å². The van der Waals surface area contributed by atoms with Gasteiger partial charge in [0, 0.05) is 17.3 Å². The van der Waals surface area contributed by atoms with Crippen molar-refractivity contribution in [3.63, 3.8) is 0 Å². The van der Waals surface area contributed by atoms with Crippen LogP contribution >= 0.6 is 11.6 Å². The van der Waals surface area contributed by atoms with E-state index in [1.165, 1.54) is 0 Å². The number of aryl methyl sites for hydroxylation is 1. The predicted octanol–water partition coefficient (Wildman–Crippen LogP) is 3.33. The largest absolute Gasteiger partial charge is 0.384 e. The van der Waals surface area contributed by atoms with Gasteiger partial charge in [0.25, 0.3) is 0 Å². The van der Waals surface area contributed by atoms with E-state index in [9.17, 15) is 0 Å². The van der Waals surface area contributed by atoms with Crippen molar-refractivity contribution in [3.8, 4) is 11.4 Å². The zero-order valence-electron chi connectivity index (χ0n) is 9.65. The van der Waals surface area contributed by atoms with Crippen LogP contribution in [0.5, 0.6) is 0 Å². The molecule has 0 saturated heterocycles. The minimum absolute atomic E-state index is 0.485. The number of hydrogen-bond donors (Lipinski definition) is 1. The Hall–Kier alpha value is -1.61. The lowest BCUT2D eigenvalue weighted by Gasteiger charge is -2.06. The van der Waals surface area contributed by atoms with Crippen molar-refractivity contribution < 1.29 is 0 Å². The number of nitrogens with zero attached hydrogens (tertiary/aromatic N) is 2. The highest BCUT2D eigenvalue weighted by Gasteiger charge is 2.08. The molecule has 0 unspecified atom stereocenters. The minimum Gasteiger partial charge on any atom is -0.384 e. The summed E-state index contributed by atoms with van der Waals surface area (Å²) in [6, 6.07) is 9.32. The van der Waals surface area contributed by atoms with E-state index < -0.39 is 0 Å². The van der Waals surface area contributed by atoms with E-state index in [0.29, 0.717) is 16.7 Å². The third kappa shape index (κ3) is 2.74. The average molecular weight is 248 g/mol. The second kappa shape index (κ2) is 5.15. The molecule has 1 aromatic carbocycles. The highest BCUT2D eigenvalue weighted by molar-refractivity contribution is 6.33. The highest BCUT2D eigenvalue weighted by Crippen LogP contribution is 2.25. The van der Waals surface area contributed by atoms with Crippen molar-refractivity contribution in [2.45, 2.75) is 19.8 Å².